The largest absolute Gasteiger partial charge is 0.481 e. The fraction of sp³-hybridized carbons (Fsp3) is 0.529. The highest BCUT2D eigenvalue weighted by Crippen LogP contribution is 2.33. The molecule has 0 aromatic heterocycles. The first-order chi connectivity index (χ1) is 11.6. The second-order valence-corrected chi connectivity index (χ2v) is 7.67. The lowest BCUT2D eigenvalue weighted by Crippen LogP contribution is -2.38. The summed E-state index contributed by atoms with van der Waals surface area (Å²) in [6.07, 6.45) is -1.79. The standard InChI is InChI=1S/C17H21Cl2NO5/c1-17(2,3)25-16(23)13-8-20-7-10(15(21)22)14(24-13)9-4-5-11(18)12(19)6-9/h4-6,10,13-14,20H,7-8H2,1-3H3,(H,21,22). The minimum atomic E-state index is -1.03. The first-order valence-corrected chi connectivity index (χ1v) is 8.61. The molecule has 0 saturated carbocycles. The van der Waals surface area contributed by atoms with Gasteiger partial charge >= 0.3 is 11.9 Å². The van der Waals surface area contributed by atoms with Crippen LogP contribution in [0.4, 0.5) is 0 Å². The number of carbonyl (C=O) groups is 2. The van der Waals surface area contributed by atoms with E-state index < -0.39 is 35.7 Å². The molecule has 25 heavy (non-hydrogen) atoms. The van der Waals surface area contributed by atoms with Crippen molar-refractivity contribution in [3.63, 3.8) is 0 Å². The molecule has 2 N–H and O–H groups in total. The Bertz CT molecular complexity index is 659. The second kappa shape index (κ2) is 7.91. The van der Waals surface area contributed by atoms with Crippen molar-refractivity contribution in [3.05, 3.63) is 33.8 Å². The quantitative estimate of drug-likeness (QED) is 0.772. The minimum Gasteiger partial charge on any atom is -0.481 e. The van der Waals surface area contributed by atoms with E-state index in [2.05, 4.69) is 5.32 Å². The highest BCUT2D eigenvalue weighted by molar-refractivity contribution is 6.42. The van der Waals surface area contributed by atoms with Gasteiger partial charge in [0.1, 0.15) is 5.60 Å². The maximum absolute atomic E-state index is 12.4. The zero-order valence-electron chi connectivity index (χ0n) is 14.2. The molecule has 0 radical (unpaired) electrons. The molecule has 1 fully saturated rings. The lowest BCUT2D eigenvalue weighted by atomic mass is 9.95. The maximum atomic E-state index is 12.4. The SMILES string of the molecule is CC(C)(C)OC(=O)C1CNCC(C(=O)O)C(c2ccc(Cl)c(Cl)c2)O1. The third kappa shape index (κ3) is 5.31. The first-order valence-electron chi connectivity index (χ1n) is 7.85. The van der Waals surface area contributed by atoms with Gasteiger partial charge in [0.25, 0.3) is 0 Å². The van der Waals surface area contributed by atoms with Crippen molar-refractivity contribution in [1.29, 1.82) is 0 Å². The molecule has 1 saturated heterocycles. The molecular formula is C17H21Cl2NO5. The Hall–Kier alpha value is -1.34. The number of ether oxygens (including phenoxy) is 2. The van der Waals surface area contributed by atoms with Crippen molar-refractivity contribution in [2.75, 3.05) is 13.1 Å². The number of carboxylic acids is 1. The number of hydrogen-bond donors (Lipinski definition) is 2. The molecule has 3 unspecified atom stereocenters. The summed E-state index contributed by atoms with van der Waals surface area (Å²) in [4.78, 5) is 24.0. The van der Waals surface area contributed by atoms with Gasteiger partial charge in [-0.05, 0) is 38.5 Å². The van der Waals surface area contributed by atoms with E-state index in [0.717, 1.165) is 0 Å². The van der Waals surface area contributed by atoms with Crippen molar-refractivity contribution >= 4 is 35.1 Å². The Kier molecular flexibility index (Phi) is 6.32. The minimum absolute atomic E-state index is 0.152. The van der Waals surface area contributed by atoms with E-state index in [1.54, 1.807) is 39.0 Å². The number of rotatable bonds is 3. The molecule has 138 valence electrons. The topological polar surface area (TPSA) is 84.9 Å². The van der Waals surface area contributed by atoms with E-state index in [-0.39, 0.29) is 18.1 Å². The second-order valence-electron chi connectivity index (χ2n) is 6.86. The van der Waals surface area contributed by atoms with Gasteiger partial charge in [0.05, 0.1) is 22.1 Å². The van der Waals surface area contributed by atoms with Crippen LogP contribution in [0.2, 0.25) is 10.0 Å². The average Bonchev–Trinajstić information content (AvgIpc) is 2.71. The summed E-state index contributed by atoms with van der Waals surface area (Å²) in [5.74, 6) is -2.46. The van der Waals surface area contributed by atoms with Crippen LogP contribution in [-0.2, 0) is 19.1 Å². The zero-order chi connectivity index (χ0) is 18.8. The van der Waals surface area contributed by atoms with E-state index >= 15 is 0 Å². The molecule has 8 heteroatoms. The van der Waals surface area contributed by atoms with Crippen LogP contribution < -0.4 is 5.32 Å². The fourth-order valence-electron chi connectivity index (χ4n) is 2.52. The highest BCUT2D eigenvalue weighted by Gasteiger charge is 2.38. The normalized spacial score (nSPS) is 24.4. The number of esters is 1. The Morgan fingerprint density at radius 1 is 1.24 bits per heavy atom. The summed E-state index contributed by atoms with van der Waals surface area (Å²) in [6.45, 7) is 5.58. The molecule has 6 nitrogen and oxygen atoms in total. The molecule has 2 rings (SSSR count). The van der Waals surface area contributed by atoms with E-state index in [1.165, 1.54) is 0 Å². The number of carbonyl (C=O) groups excluding carboxylic acids is 1. The van der Waals surface area contributed by atoms with Crippen LogP contribution in [0.1, 0.15) is 32.4 Å². The molecule has 3 atom stereocenters. The van der Waals surface area contributed by atoms with Gasteiger partial charge in [-0.3, -0.25) is 4.79 Å². The summed E-state index contributed by atoms with van der Waals surface area (Å²) in [6, 6.07) is 4.77. The third-order valence-corrected chi connectivity index (χ3v) is 4.37. The van der Waals surface area contributed by atoms with E-state index in [0.29, 0.717) is 10.6 Å². The van der Waals surface area contributed by atoms with Crippen molar-refractivity contribution in [2.24, 2.45) is 5.92 Å². The van der Waals surface area contributed by atoms with Crippen LogP contribution in [-0.4, -0.2) is 41.8 Å². The molecular weight excluding hydrogens is 369 g/mol. The number of carboxylic acid groups (broad SMARTS) is 1. The van der Waals surface area contributed by atoms with Crippen LogP contribution in [0, 0.1) is 5.92 Å². The van der Waals surface area contributed by atoms with Gasteiger partial charge in [-0.15, -0.1) is 0 Å². The smallest absolute Gasteiger partial charge is 0.337 e. The van der Waals surface area contributed by atoms with Crippen molar-refractivity contribution < 1.29 is 24.2 Å². The molecule has 1 aliphatic rings. The zero-order valence-corrected chi connectivity index (χ0v) is 15.7. The van der Waals surface area contributed by atoms with Gasteiger partial charge in [-0.1, -0.05) is 29.3 Å². The number of halogens is 2. The molecule has 1 heterocycles. The molecule has 1 aromatic carbocycles. The molecule has 1 aliphatic heterocycles. The summed E-state index contributed by atoms with van der Waals surface area (Å²) < 4.78 is 11.2. The van der Waals surface area contributed by atoms with Gasteiger partial charge in [0, 0.05) is 13.1 Å². The molecule has 0 bridgehead atoms. The Balaban J connectivity index is 2.31. The van der Waals surface area contributed by atoms with Crippen LogP contribution in [0.15, 0.2) is 18.2 Å². The average molecular weight is 390 g/mol. The fourth-order valence-corrected chi connectivity index (χ4v) is 2.83. The van der Waals surface area contributed by atoms with E-state index in [1.807, 2.05) is 0 Å². The number of aliphatic carboxylic acids is 1. The predicted octanol–water partition coefficient (Wildman–Crippen LogP) is 3.07. The Labute approximate surface area is 156 Å². The number of hydrogen-bond acceptors (Lipinski definition) is 5. The molecule has 0 spiro atoms. The van der Waals surface area contributed by atoms with E-state index in [9.17, 15) is 14.7 Å². The maximum Gasteiger partial charge on any atom is 0.337 e. The van der Waals surface area contributed by atoms with Gasteiger partial charge in [0.2, 0.25) is 0 Å². The Morgan fingerprint density at radius 2 is 1.92 bits per heavy atom. The van der Waals surface area contributed by atoms with Crippen molar-refractivity contribution in [3.8, 4) is 0 Å². The number of nitrogens with one attached hydrogen (secondary N) is 1. The van der Waals surface area contributed by atoms with Crippen LogP contribution in [0.5, 0.6) is 0 Å². The summed E-state index contributed by atoms with van der Waals surface area (Å²) in [7, 11) is 0. The van der Waals surface area contributed by atoms with Gasteiger partial charge in [0.15, 0.2) is 6.10 Å². The lowest BCUT2D eigenvalue weighted by molar-refractivity contribution is -0.175. The van der Waals surface area contributed by atoms with Gasteiger partial charge < -0.3 is 19.9 Å². The van der Waals surface area contributed by atoms with Gasteiger partial charge in [-0.25, -0.2) is 4.79 Å². The summed E-state index contributed by atoms with van der Waals surface area (Å²) in [5, 5.41) is 13.1. The lowest BCUT2D eigenvalue weighted by Gasteiger charge is -2.27. The summed E-state index contributed by atoms with van der Waals surface area (Å²) in [5.41, 5.74) is -0.128. The van der Waals surface area contributed by atoms with Crippen LogP contribution >= 0.6 is 23.2 Å². The summed E-state index contributed by atoms with van der Waals surface area (Å²) >= 11 is 12.0. The molecule has 1 aromatic rings. The third-order valence-electron chi connectivity index (χ3n) is 3.63. The van der Waals surface area contributed by atoms with Crippen LogP contribution in [0.25, 0.3) is 0 Å². The highest BCUT2D eigenvalue weighted by atomic mass is 35.5. The first kappa shape index (κ1) is 20.0. The van der Waals surface area contributed by atoms with Crippen molar-refractivity contribution in [2.45, 2.75) is 38.6 Å². The molecule has 0 amide bonds. The monoisotopic (exact) mass is 389 g/mol. The molecule has 0 aliphatic carbocycles. The number of benzene rings is 1. The van der Waals surface area contributed by atoms with Gasteiger partial charge in [-0.2, -0.15) is 0 Å². The predicted molar refractivity (Wildman–Crippen MR) is 93.9 cm³/mol. The van der Waals surface area contributed by atoms with Crippen molar-refractivity contribution in [1.82, 2.24) is 5.32 Å². The van der Waals surface area contributed by atoms with Crippen LogP contribution in [0.3, 0.4) is 0 Å². The Morgan fingerprint density at radius 3 is 2.48 bits per heavy atom. The van der Waals surface area contributed by atoms with E-state index in [4.69, 9.17) is 32.7 Å².